The predicted molar refractivity (Wildman–Crippen MR) is 87.3 cm³/mol. The predicted octanol–water partition coefficient (Wildman–Crippen LogP) is 2.92. The van der Waals surface area contributed by atoms with E-state index in [9.17, 15) is 0 Å². The van der Waals surface area contributed by atoms with Crippen LogP contribution in [0, 0.1) is 6.92 Å². The molecule has 0 unspecified atom stereocenters. The van der Waals surface area contributed by atoms with Crippen LogP contribution in [-0.2, 0) is 13.1 Å². The van der Waals surface area contributed by atoms with Gasteiger partial charge in [-0.2, -0.15) is 0 Å². The van der Waals surface area contributed by atoms with Gasteiger partial charge in [0.25, 0.3) is 0 Å². The van der Waals surface area contributed by atoms with E-state index in [0.717, 1.165) is 43.3 Å². The Bertz CT molecular complexity index is 551. The fourth-order valence-corrected chi connectivity index (χ4v) is 2.17. The average molecular weight is 284 g/mol. The average Bonchev–Trinajstić information content (AvgIpc) is 2.48. The number of aromatic nitrogens is 2. The third-order valence-corrected chi connectivity index (χ3v) is 3.30. The molecule has 0 spiro atoms. The van der Waals surface area contributed by atoms with E-state index in [0.29, 0.717) is 0 Å². The highest BCUT2D eigenvalue weighted by molar-refractivity contribution is 5.38. The van der Waals surface area contributed by atoms with Crippen LogP contribution in [0.5, 0.6) is 0 Å². The quantitative estimate of drug-likeness (QED) is 0.794. The second-order valence-corrected chi connectivity index (χ2v) is 5.33. The number of aryl methyl sites for hydroxylation is 1. The Hall–Kier alpha value is -1.94. The van der Waals surface area contributed by atoms with Crippen molar-refractivity contribution in [3.8, 4) is 0 Å². The zero-order valence-electron chi connectivity index (χ0n) is 13.1. The van der Waals surface area contributed by atoms with Gasteiger partial charge in [0.15, 0.2) is 0 Å². The van der Waals surface area contributed by atoms with Gasteiger partial charge in [-0.05, 0) is 43.7 Å². The summed E-state index contributed by atoms with van der Waals surface area (Å²) in [6.45, 7) is 6.87. The molecule has 0 amide bonds. The number of anilines is 1. The molecule has 0 atom stereocenters. The molecule has 4 heteroatoms. The monoisotopic (exact) mass is 284 g/mol. The molecule has 0 aliphatic rings. The molecular weight excluding hydrogens is 260 g/mol. The van der Waals surface area contributed by atoms with E-state index >= 15 is 0 Å². The first-order valence-electron chi connectivity index (χ1n) is 7.48. The molecule has 0 aliphatic carbocycles. The zero-order valence-corrected chi connectivity index (χ0v) is 13.1. The highest BCUT2D eigenvalue weighted by Gasteiger charge is 2.05. The van der Waals surface area contributed by atoms with Crippen molar-refractivity contribution >= 4 is 5.82 Å². The Labute approximate surface area is 127 Å². The molecule has 21 heavy (non-hydrogen) atoms. The maximum Gasteiger partial charge on any atom is 0.128 e. The maximum absolute atomic E-state index is 4.53. The lowest BCUT2D eigenvalue weighted by molar-refractivity contribution is 0.673. The van der Waals surface area contributed by atoms with Gasteiger partial charge in [-0.1, -0.05) is 19.1 Å². The lowest BCUT2D eigenvalue weighted by atomic mass is 10.2. The smallest absolute Gasteiger partial charge is 0.128 e. The Morgan fingerprint density at radius 3 is 2.71 bits per heavy atom. The summed E-state index contributed by atoms with van der Waals surface area (Å²) in [4.78, 5) is 11.2. The van der Waals surface area contributed by atoms with E-state index in [1.807, 2.05) is 38.4 Å². The van der Waals surface area contributed by atoms with E-state index < -0.39 is 0 Å². The number of pyridine rings is 2. The van der Waals surface area contributed by atoms with Gasteiger partial charge in [-0.25, -0.2) is 4.98 Å². The van der Waals surface area contributed by atoms with Crippen molar-refractivity contribution in [1.82, 2.24) is 15.3 Å². The summed E-state index contributed by atoms with van der Waals surface area (Å²) in [5.74, 6) is 0.970. The van der Waals surface area contributed by atoms with Crippen LogP contribution in [0.3, 0.4) is 0 Å². The van der Waals surface area contributed by atoms with E-state index in [2.05, 4.69) is 39.2 Å². The van der Waals surface area contributed by atoms with E-state index in [-0.39, 0.29) is 0 Å². The molecule has 2 rings (SSSR count). The highest BCUT2D eigenvalue weighted by atomic mass is 15.2. The Kier molecular flexibility index (Phi) is 5.69. The fraction of sp³-hybridized carbons (Fsp3) is 0.412. The van der Waals surface area contributed by atoms with Crippen LogP contribution < -0.4 is 10.2 Å². The summed E-state index contributed by atoms with van der Waals surface area (Å²) in [6.07, 6.45) is 3.09. The van der Waals surface area contributed by atoms with Crippen molar-refractivity contribution in [3.63, 3.8) is 0 Å². The molecule has 2 heterocycles. The van der Waals surface area contributed by atoms with Crippen LogP contribution in [-0.4, -0.2) is 23.6 Å². The van der Waals surface area contributed by atoms with E-state index in [1.165, 1.54) is 5.56 Å². The lowest BCUT2D eigenvalue weighted by Gasteiger charge is -2.18. The Morgan fingerprint density at radius 1 is 1.19 bits per heavy atom. The topological polar surface area (TPSA) is 41.0 Å². The summed E-state index contributed by atoms with van der Waals surface area (Å²) in [5.41, 5.74) is 3.33. The van der Waals surface area contributed by atoms with Crippen molar-refractivity contribution in [2.24, 2.45) is 0 Å². The molecule has 4 nitrogen and oxygen atoms in total. The third-order valence-electron chi connectivity index (χ3n) is 3.30. The third kappa shape index (κ3) is 4.83. The largest absolute Gasteiger partial charge is 0.354 e. The van der Waals surface area contributed by atoms with E-state index in [4.69, 9.17) is 0 Å². The van der Waals surface area contributed by atoms with Gasteiger partial charge in [0.1, 0.15) is 5.82 Å². The molecular formula is C17H24N4. The normalized spacial score (nSPS) is 10.6. The van der Waals surface area contributed by atoms with Gasteiger partial charge < -0.3 is 10.2 Å². The van der Waals surface area contributed by atoms with Gasteiger partial charge in [-0.15, -0.1) is 0 Å². The maximum atomic E-state index is 4.53. The minimum atomic E-state index is 0.766. The van der Waals surface area contributed by atoms with E-state index in [1.54, 1.807) is 0 Å². The molecule has 0 bridgehead atoms. The standard InChI is InChI=1S/C17H24N4/c1-4-10-18-11-15-8-9-17(19-12-15)21(3)13-16-7-5-6-14(2)20-16/h5-9,12,18H,4,10-11,13H2,1-3H3. The molecule has 2 aromatic rings. The lowest BCUT2D eigenvalue weighted by Crippen LogP contribution is -2.19. The molecule has 1 N–H and O–H groups in total. The second-order valence-electron chi connectivity index (χ2n) is 5.33. The first kappa shape index (κ1) is 15.4. The Balaban J connectivity index is 1.94. The summed E-state index contributed by atoms with van der Waals surface area (Å²) in [6, 6.07) is 10.3. The van der Waals surface area contributed by atoms with Gasteiger partial charge in [0.2, 0.25) is 0 Å². The molecule has 0 saturated heterocycles. The highest BCUT2D eigenvalue weighted by Crippen LogP contribution is 2.12. The van der Waals surface area contributed by atoms with Crippen molar-refractivity contribution < 1.29 is 0 Å². The van der Waals surface area contributed by atoms with Crippen LogP contribution in [0.15, 0.2) is 36.5 Å². The molecule has 0 radical (unpaired) electrons. The molecule has 0 aliphatic heterocycles. The van der Waals surface area contributed by atoms with Crippen molar-refractivity contribution in [2.75, 3.05) is 18.5 Å². The summed E-state index contributed by atoms with van der Waals surface area (Å²) in [7, 11) is 2.04. The minimum Gasteiger partial charge on any atom is -0.354 e. The summed E-state index contributed by atoms with van der Waals surface area (Å²) < 4.78 is 0. The van der Waals surface area contributed by atoms with Crippen molar-refractivity contribution in [1.29, 1.82) is 0 Å². The number of rotatable bonds is 7. The molecule has 2 aromatic heterocycles. The zero-order chi connectivity index (χ0) is 15.1. The molecule has 0 fully saturated rings. The van der Waals surface area contributed by atoms with Crippen LogP contribution in [0.2, 0.25) is 0 Å². The summed E-state index contributed by atoms with van der Waals surface area (Å²) in [5, 5.41) is 3.38. The molecule has 0 saturated carbocycles. The number of nitrogens with zero attached hydrogens (tertiary/aromatic N) is 3. The minimum absolute atomic E-state index is 0.766. The van der Waals surface area contributed by atoms with Crippen LogP contribution >= 0.6 is 0 Å². The second kappa shape index (κ2) is 7.74. The van der Waals surface area contributed by atoms with Crippen LogP contribution in [0.4, 0.5) is 5.82 Å². The number of hydrogen-bond acceptors (Lipinski definition) is 4. The van der Waals surface area contributed by atoms with Crippen molar-refractivity contribution in [3.05, 3.63) is 53.5 Å². The van der Waals surface area contributed by atoms with Gasteiger partial charge in [0.05, 0.1) is 12.2 Å². The van der Waals surface area contributed by atoms with Gasteiger partial charge in [0, 0.05) is 25.5 Å². The van der Waals surface area contributed by atoms with Crippen molar-refractivity contribution in [2.45, 2.75) is 33.4 Å². The fourth-order valence-electron chi connectivity index (χ4n) is 2.17. The molecule has 112 valence electrons. The van der Waals surface area contributed by atoms with Gasteiger partial charge in [-0.3, -0.25) is 4.98 Å². The molecule has 0 aromatic carbocycles. The van der Waals surface area contributed by atoms with Crippen LogP contribution in [0.25, 0.3) is 0 Å². The Morgan fingerprint density at radius 2 is 2.05 bits per heavy atom. The van der Waals surface area contributed by atoms with Crippen LogP contribution in [0.1, 0.15) is 30.3 Å². The first-order valence-corrected chi connectivity index (χ1v) is 7.48. The SMILES string of the molecule is CCCNCc1ccc(N(C)Cc2cccc(C)n2)nc1. The summed E-state index contributed by atoms with van der Waals surface area (Å²) >= 11 is 0. The number of hydrogen-bond donors (Lipinski definition) is 1. The first-order chi connectivity index (χ1) is 10.2. The van der Waals surface area contributed by atoms with Gasteiger partial charge >= 0.3 is 0 Å². The number of nitrogens with one attached hydrogen (secondary N) is 1.